The molecule has 3 rings (SSSR count). The highest BCUT2D eigenvalue weighted by Gasteiger charge is 2.52. The van der Waals surface area contributed by atoms with Crippen LogP contribution in [0.25, 0.3) is 0 Å². The second-order valence-corrected chi connectivity index (χ2v) is 4.80. The third-order valence-corrected chi connectivity index (χ3v) is 3.74. The number of fused-ring (bicyclic) bond motifs is 1. The molecule has 2 atom stereocenters. The largest absolute Gasteiger partial charge is 0.384 e. The molecule has 74 valence electrons. The number of morpholine rings is 1. The number of hydrogen-bond donors (Lipinski definition) is 0. The number of methoxy groups -OCH3 is 1. The van der Waals surface area contributed by atoms with Gasteiger partial charge >= 0.3 is 0 Å². The maximum Gasteiger partial charge on any atom is 0.0880 e. The average molecular weight is 183 g/mol. The van der Waals surface area contributed by atoms with Crippen LogP contribution in [-0.2, 0) is 9.47 Å². The van der Waals surface area contributed by atoms with Gasteiger partial charge in [-0.05, 0) is 12.8 Å². The Labute approximate surface area is 79.0 Å². The maximum absolute atomic E-state index is 5.38. The quantitative estimate of drug-likeness (QED) is 0.633. The Morgan fingerprint density at radius 2 is 2.38 bits per heavy atom. The van der Waals surface area contributed by atoms with E-state index in [1.165, 1.54) is 19.4 Å². The number of nitrogens with zero attached hydrogens (tertiary/aromatic N) is 1. The lowest BCUT2D eigenvalue weighted by Crippen LogP contribution is -2.71. The molecule has 3 nitrogen and oxygen atoms in total. The summed E-state index contributed by atoms with van der Waals surface area (Å²) in [6.45, 7) is 4.32. The first-order chi connectivity index (χ1) is 6.33. The minimum absolute atomic E-state index is 0.523. The molecule has 0 aromatic rings. The van der Waals surface area contributed by atoms with Gasteiger partial charge in [0.25, 0.3) is 0 Å². The van der Waals surface area contributed by atoms with Crippen LogP contribution in [0.2, 0.25) is 0 Å². The van der Waals surface area contributed by atoms with Crippen molar-refractivity contribution in [2.24, 2.45) is 5.41 Å². The molecule has 1 aliphatic carbocycles. The Morgan fingerprint density at radius 3 is 2.77 bits per heavy atom. The van der Waals surface area contributed by atoms with Crippen LogP contribution in [0, 0.1) is 5.41 Å². The van der Waals surface area contributed by atoms with Gasteiger partial charge in [0.15, 0.2) is 0 Å². The van der Waals surface area contributed by atoms with Crippen molar-refractivity contribution in [3.63, 3.8) is 0 Å². The van der Waals surface area contributed by atoms with Crippen LogP contribution >= 0.6 is 0 Å². The summed E-state index contributed by atoms with van der Waals surface area (Å²) >= 11 is 0. The van der Waals surface area contributed by atoms with Crippen molar-refractivity contribution >= 4 is 0 Å². The van der Waals surface area contributed by atoms with Crippen molar-refractivity contribution in [1.29, 1.82) is 0 Å². The fraction of sp³-hybridized carbons (Fsp3) is 1.00. The molecule has 0 N–H and O–H groups in total. The highest BCUT2D eigenvalue weighted by Crippen LogP contribution is 2.48. The van der Waals surface area contributed by atoms with E-state index in [4.69, 9.17) is 9.47 Å². The van der Waals surface area contributed by atoms with Gasteiger partial charge < -0.3 is 9.47 Å². The van der Waals surface area contributed by atoms with Crippen molar-refractivity contribution in [2.45, 2.75) is 25.0 Å². The van der Waals surface area contributed by atoms with E-state index < -0.39 is 0 Å². The highest BCUT2D eigenvalue weighted by molar-refractivity contribution is 5.05. The molecule has 3 heteroatoms. The molecule has 0 spiro atoms. The Bertz CT molecular complexity index is 215. The van der Waals surface area contributed by atoms with Crippen molar-refractivity contribution in [1.82, 2.24) is 4.90 Å². The number of ether oxygens (including phenoxy) is 2. The highest BCUT2D eigenvalue weighted by atomic mass is 16.5. The minimum Gasteiger partial charge on any atom is -0.384 e. The summed E-state index contributed by atoms with van der Waals surface area (Å²) in [6, 6.07) is 0.759. The fourth-order valence-electron chi connectivity index (χ4n) is 2.51. The molecule has 3 fully saturated rings. The molecule has 3 aliphatic rings. The molecule has 2 aliphatic heterocycles. The predicted octanol–water partition coefficient (Wildman–Crippen LogP) is 0.496. The first kappa shape index (κ1) is 8.21. The van der Waals surface area contributed by atoms with Gasteiger partial charge in [-0.25, -0.2) is 0 Å². The summed E-state index contributed by atoms with van der Waals surface area (Å²) < 4.78 is 10.6. The first-order valence-corrected chi connectivity index (χ1v) is 5.18. The molecular weight excluding hydrogens is 166 g/mol. The molecule has 13 heavy (non-hydrogen) atoms. The Balaban J connectivity index is 1.52. The Kier molecular flexibility index (Phi) is 1.70. The van der Waals surface area contributed by atoms with E-state index >= 15 is 0 Å². The normalized spacial score (nSPS) is 40.4. The first-order valence-electron chi connectivity index (χ1n) is 5.18. The van der Waals surface area contributed by atoms with Gasteiger partial charge in [0.1, 0.15) is 0 Å². The van der Waals surface area contributed by atoms with Gasteiger partial charge in [0.05, 0.1) is 25.4 Å². The molecule has 0 aromatic heterocycles. The van der Waals surface area contributed by atoms with Gasteiger partial charge in [0, 0.05) is 25.6 Å². The van der Waals surface area contributed by atoms with E-state index in [2.05, 4.69) is 4.90 Å². The van der Waals surface area contributed by atoms with Crippen LogP contribution in [0.4, 0.5) is 0 Å². The summed E-state index contributed by atoms with van der Waals surface area (Å²) in [4.78, 5) is 2.57. The molecule has 1 saturated carbocycles. The maximum atomic E-state index is 5.38. The second kappa shape index (κ2) is 2.69. The Morgan fingerprint density at radius 1 is 1.54 bits per heavy atom. The van der Waals surface area contributed by atoms with Crippen LogP contribution in [0.5, 0.6) is 0 Å². The van der Waals surface area contributed by atoms with Crippen LogP contribution in [0.15, 0.2) is 0 Å². The van der Waals surface area contributed by atoms with Crippen LogP contribution in [-0.4, -0.2) is 50.5 Å². The van der Waals surface area contributed by atoms with E-state index in [1.807, 2.05) is 7.11 Å². The smallest absolute Gasteiger partial charge is 0.0880 e. The zero-order valence-electron chi connectivity index (χ0n) is 8.16. The summed E-state index contributed by atoms with van der Waals surface area (Å²) in [7, 11) is 1.81. The van der Waals surface area contributed by atoms with Gasteiger partial charge in [-0.2, -0.15) is 0 Å². The van der Waals surface area contributed by atoms with E-state index in [-0.39, 0.29) is 0 Å². The number of rotatable bonds is 4. The molecule has 1 unspecified atom stereocenters. The van der Waals surface area contributed by atoms with Crippen LogP contribution < -0.4 is 0 Å². The van der Waals surface area contributed by atoms with Crippen molar-refractivity contribution in [2.75, 3.05) is 33.4 Å². The zero-order valence-corrected chi connectivity index (χ0v) is 8.16. The van der Waals surface area contributed by atoms with Crippen LogP contribution in [0.3, 0.4) is 0 Å². The van der Waals surface area contributed by atoms with Gasteiger partial charge in [0.2, 0.25) is 0 Å². The van der Waals surface area contributed by atoms with Crippen molar-refractivity contribution in [3.8, 4) is 0 Å². The summed E-state index contributed by atoms with van der Waals surface area (Å²) in [5, 5.41) is 0. The van der Waals surface area contributed by atoms with Gasteiger partial charge in [-0.3, -0.25) is 4.90 Å². The lowest BCUT2D eigenvalue weighted by Gasteiger charge is -2.55. The third-order valence-electron chi connectivity index (χ3n) is 3.74. The fourth-order valence-corrected chi connectivity index (χ4v) is 2.51. The van der Waals surface area contributed by atoms with E-state index in [1.54, 1.807) is 0 Å². The van der Waals surface area contributed by atoms with Crippen molar-refractivity contribution in [3.05, 3.63) is 0 Å². The second-order valence-electron chi connectivity index (χ2n) is 4.80. The monoisotopic (exact) mass is 183 g/mol. The SMILES string of the molecule is COCC1(CN2CC3OC[C@H]32)CC1. The minimum atomic E-state index is 0.523. The Hall–Kier alpha value is -0.120. The molecule has 0 aromatic carbocycles. The van der Waals surface area contributed by atoms with Gasteiger partial charge in [-0.1, -0.05) is 0 Å². The summed E-state index contributed by atoms with van der Waals surface area (Å²) in [6.07, 6.45) is 3.30. The lowest BCUT2D eigenvalue weighted by molar-refractivity contribution is -0.219. The van der Waals surface area contributed by atoms with E-state index in [9.17, 15) is 0 Å². The predicted molar refractivity (Wildman–Crippen MR) is 48.6 cm³/mol. The molecule has 0 radical (unpaired) electrons. The van der Waals surface area contributed by atoms with E-state index in [0.717, 1.165) is 25.8 Å². The number of likely N-dealkylation sites (tertiary alicyclic amines) is 1. The molecule has 2 heterocycles. The molecule has 0 amide bonds. The molecule has 2 saturated heterocycles. The van der Waals surface area contributed by atoms with Gasteiger partial charge in [-0.15, -0.1) is 0 Å². The third kappa shape index (κ3) is 1.22. The molecular formula is C10H17NO2. The number of hydrogen-bond acceptors (Lipinski definition) is 3. The standard InChI is InChI=1S/C10H17NO2/c1-12-7-10(2-3-10)6-11-4-9-8(11)5-13-9/h8-9H,2-7H2,1H3/t8-,9?/m1/s1. The topological polar surface area (TPSA) is 21.7 Å². The molecule has 0 bridgehead atoms. The van der Waals surface area contributed by atoms with Crippen molar-refractivity contribution < 1.29 is 9.47 Å². The summed E-state index contributed by atoms with van der Waals surface area (Å²) in [5.74, 6) is 0. The van der Waals surface area contributed by atoms with E-state index in [0.29, 0.717) is 11.5 Å². The average Bonchev–Trinajstić information content (AvgIpc) is 2.80. The summed E-state index contributed by atoms with van der Waals surface area (Å²) in [5.41, 5.74) is 0.523. The zero-order chi connectivity index (χ0) is 8.89. The van der Waals surface area contributed by atoms with Crippen LogP contribution in [0.1, 0.15) is 12.8 Å². The lowest BCUT2D eigenvalue weighted by atomic mass is 9.92.